The Bertz CT molecular complexity index is 922. The number of azo groups is 1. The summed E-state index contributed by atoms with van der Waals surface area (Å²) in [6.45, 7) is 0.354. The molecule has 2 aromatic carbocycles. The summed E-state index contributed by atoms with van der Waals surface area (Å²) in [5.41, 5.74) is 1.47. The molecule has 0 unspecified atom stereocenters. The van der Waals surface area contributed by atoms with E-state index in [1.165, 1.54) is 30.3 Å². The molecule has 8 heteroatoms. The van der Waals surface area contributed by atoms with Crippen LogP contribution in [0.2, 0.25) is 0 Å². The third-order valence-electron chi connectivity index (χ3n) is 3.31. The molecule has 0 amide bonds. The van der Waals surface area contributed by atoms with E-state index < -0.39 is 5.82 Å². The summed E-state index contributed by atoms with van der Waals surface area (Å²) in [5, 5.41) is 20.9. The number of hydrogen-bond acceptors (Lipinski definition) is 3. The Morgan fingerprint density at radius 2 is 1.83 bits per heavy atom. The predicted octanol–water partition coefficient (Wildman–Crippen LogP) is 4.31. The van der Waals surface area contributed by atoms with Gasteiger partial charge in [-0.15, -0.1) is 10.2 Å². The molecule has 0 spiro atoms. The van der Waals surface area contributed by atoms with Crippen molar-refractivity contribution in [3.05, 3.63) is 59.7 Å². The monoisotopic (exact) mass is 346 g/mol. The lowest BCUT2D eigenvalue weighted by Gasteiger charge is -2.03. The second-order valence-electron chi connectivity index (χ2n) is 5.00. The molecule has 24 heavy (non-hydrogen) atoms. The van der Waals surface area contributed by atoms with Crippen molar-refractivity contribution in [3.8, 4) is 5.88 Å². The van der Waals surface area contributed by atoms with Crippen LogP contribution >= 0.6 is 12.2 Å². The Hall–Kier alpha value is -2.87. The quantitative estimate of drug-likeness (QED) is 0.489. The van der Waals surface area contributed by atoms with Gasteiger partial charge in [-0.25, -0.2) is 8.78 Å². The van der Waals surface area contributed by atoms with E-state index in [1.54, 1.807) is 12.1 Å². The first kappa shape index (κ1) is 16.0. The molecule has 0 fully saturated rings. The van der Waals surface area contributed by atoms with Crippen molar-refractivity contribution in [2.24, 2.45) is 10.2 Å². The largest absolute Gasteiger partial charge is 0.493 e. The van der Waals surface area contributed by atoms with E-state index >= 15 is 0 Å². The molecule has 0 bridgehead atoms. The van der Waals surface area contributed by atoms with Gasteiger partial charge in [0.25, 0.3) is 0 Å². The Kier molecular flexibility index (Phi) is 4.48. The summed E-state index contributed by atoms with van der Waals surface area (Å²) >= 11 is 5.03. The molecule has 0 atom stereocenters. The van der Waals surface area contributed by atoms with Crippen LogP contribution in [0.25, 0.3) is 10.9 Å². The highest BCUT2D eigenvalue weighted by Crippen LogP contribution is 2.35. The number of aromatic hydroxyl groups is 1. The molecule has 0 aliphatic heterocycles. The van der Waals surface area contributed by atoms with Gasteiger partial charge in [0.15, 0.2) is 5.69 Å². The first-order valence-electron chi connectivity index (χ1n) is 6.97. The molecule has 122 valence electrons. The number of nitrogens with one attached hydrogen (secondary N) is 2. The minimum absolute atomic E-state index is 0.0875. The average molecular weight is 346 g/mol. The van der Waals surface area contributed by atoms with E-state index in [4.69, 9.17) is 12.2 Å². The van der Waals surface area contributed by atoms with Gasteiger partial charge in [0.1, 0.15) is 11.6 Å². The normalized spacial score (nSPS) is 11.2. The first-order chi connectivity index (χ1) is 11.5. The molecular formula is C16H12F2N4OS. The zero-order chi connectivity index (χ0) is 17.1. The topological polar surface area (TPSA) is 72.8 Å². The Morgan fingerprint density at radius 1 is 1.12 bits per heavy atom. The van der Waals surface area contributed by atoms with E-state index in [2.05, 4.69) is 20.5 Å². The van der Waals surface area contributed by atoms with Gasteiger partial charge >= 0.3 is 0 Å². The zero-order valence-corrected chi connectivity index (χ0v) is 13.1. The fraction of sp³-hybridized carbons (Fsp3) is 0.0625. The van der Waals surface area contributed by atoms with Gasteiger partial charge in [0, 0.05) is 11.9 Å². The van der Waals surface area contributed by atoms with Gasteiger partial charge in [0.2, 0.25) is 11.0 Å². The molecule has 0 saturated heterocycles. The number of halogens is 2. The maximum Gasteiger partial charge on any atom is 0.218 e. The van der Waals surface area contributed by atoms with E-state index in [0.717, 1.165) is 5.56 Å². The molecule has 0 radical (unpaired) electrons. The van der Waals surface area contributed by atoms with Crippen LogP contribution in [0.4, 0.5) is 14.5 Å². The number of aromatic nitrogens is 1. The van der Waals surface area contributed by atoms with Gasteiger partial charge in [-0.05, 0) is 48.1 Å². The van der Waals surface area contributed by atoms with Gasteiger partial charge < -0.3 is 15.4 Å². The van der Waals surface area contributed by atoms with Gasteiger partial charge in [-0.1, -0.05) is 12.1 Å². The SMILES string of the molecule is Oc1[nH]c2ccc(F)cc2c1N=NC(=S)NCc1ccc(F)cc1. The lowest BCUT2D eigenvalue weighted by Crippen LogP contribution is -2.18. The van der Waals surface area contributed by atoms with Crippen LogP contribution in [0.3, 0.4) is 0 Å². The number of hydrogen-bond donors (Lipinski definition) is 3. The highest BCUT2D eigenvalue weighted by molar-refractivity contribution is 7.80. The predicted molar refractivity (Wildman–Crippen MR) is 90.3 cm³/mol. The van der Waals surface area contributed by atoms with Gasteiger partial charge in [0.05, 0.1) is 5.52 Å². The average Bonchev–Trinajstić information content (AvgIpc) is 2.87. The van der Waals surface area contributed by atoms with Crippen LogP contribution in [0.1, 0.15) is 5.56 Å². The van der Waals surface area contributed by atoms with Crippen molar-refractivity contribution in [3.63, 3.8) is 0 Å². The summed E-state index contributed by atoms with van der Waals surface area (Å²) < 4.78 is 26.2. The molecule has 3 aromatic rings. The molecule has 3 rings (SSSR count). The molecule has 3 N–H and O–H groups in total. The zero-order valence-electron chi connectivity index (χ0n) is 12.3. The van der Waals surface area contributed by atoms with Crippen molar-refractivity contribution >= 4 is 33.9 Å². The minimum Gasteiger partial charge on any atom is -0.493 e. The highest BCUT2D eigenvalue weighted by atomic mass is 32.1. The van der Waals surface area contributed by atoms with Crippen LogP contribution in [0, 0.1) is 11.6 Å². The second kappa shape index (κ2) is 6.71. The fourth-order valence-corrected chi connectivity index (χ4v) is 2.26. The number of aromatic amines is 1. The lowest BCUT2D eigenvalue weighted by molar-refractivity contribution is 0.459. The van der Waals surface area contributed by atoms with Crippen molar-refractivity contribution in [2.45, 2.75) is 6.54 Å². The molecule has 0 saturated carbocycles. The molecule has 5 nitrogen and oxygen atoms in total. The van der Waals surface area contributed by atoms with Crippen LogP contribution in [-0.2, 0) is 6.54 Å². The fourth-order valence-electron chi connectivity index (χ4n) is 2.15. The number of benzene rings is 2. The third kappa shape index (κ3) is 3.54. The summed E-state index contributed by atoms with van der Waals surface area (Å²) in [6, 6.07) is 9.95. The van der Waals surface area contributed by atoms with E-state index in [-0.39, 0.29) is 22.5 Å². The Balaban J connectivity index is 1.71. The number of rotatable bonds is 3. The second-order valence-corrected chi connectivity index (χ2v) is 5.38. The van der Waals surface area contributed by atoms with E-state index in [9.17, 15) is 13.9 Å². The van der Waals surface area contributed by atoms with Crippen molar-refractivity contribution in [2.75, 3.05) is 0 Å². The summed E-state index contributed by atoms with van der Waals surface area (Å²) in [5.74, 6) is -0.987. The van der Waals surface area contributed by atoms with Gasteiger partial charge in [-0.2, -0.15) is 0 Å². The third-order valence-corrected chi connectivity index (χ3v) is 3.54. The van der Waals surface area contributed by atoms with Crippen molar-refractivity contribution in [1.29, 1.82) is 0 Å². The summed E-state index contributed by atoms with van der Waals surface area (Å²) in [6.07, 6.45) is 0. The molecule has 1 heterocycles. The van der Waals surface area contributed by atoms with Crippen LogP contribution < -0.4 is 5.32 Å². The molecule has 0 aliphatic rings. The van der Waals surface area contributed by atoms with E-state index in [0.29, 0.717) is 17.4 Å². The van der Waals surface area contributed by atoms with Gasteiger partial charge in [-0.3, -0.25) is 0 Å². The van der Waals surface area contributed by atoms with Crippen LogP contribution in [0.15, 0.2) is 52.7 Å². The van der Waals surface area contributed by atoms with Crippen molar-refractivity contribution in [1.82, 2.24) is 10.3 Å². The maximum absolute atomic E-state index is 13.3. The Morgan fingerprint density at radius 3 is 2.58 bits per heavy atom. The minimum atomic E-state index is -0.449. The number of H-pyrrole nitrogens is 1. The molecule has 0 aliphatic carbocycles. The smallest absolute Gasteiger partial charge is 0.218 e. The standard InChI is InChI=1S/C16H12F2N4OS/c17-10-3-1-9(2-4-10)8-19-16(24)22-21-14-12-7-11(18)5-6-13(12)20-15(14)23/h1-7,20,23H,8H2,(H,19,24). The van der Waals surface area contributed by atoms with Crippen molar-refractivity contribution < 1.29 is 13.9 Å². The summed E-state index contributed by atoms with van der Waals surface area (Å²) in [4.78, 5) is 2.68. The Labute approximate surface area is 141 Å². The number of thiocarbonyl (C=S) groups is 1. The summed E-state index contributed by atoms with van der Waals surface area (Å²) in [7, 11) is 0. The molecule has 1 aromatic heterocycles. The lowest BCUT2D eigenvalue weighted by atomic mass is 10.2. The van der Waals surface area contributed by atoms with Crippen LogP contribution in [-0.4, -0.2) is 15.2 Å². The first-order valence-corrected chi connectivity index (χ1v) is 7.38. The maximum atomic E-state index is 13.3. The van der Waals surface area contributed by atoms with E-state index in [1.807, 2.05) is 0 Å². The number of nitrogens with zero attached hydrogens (tertiary/aromatic N) is 2. The highest BCUT2D eigenvalue weighted by Gasteiger charge is 2.11. The molecular weight excluding hydrogens is 334 g/mol. The number of fused-ring (bicyclic) bond motifs is 1. The van der Waals surface area contributed by atoms with Crippen LogP contribution in [0.5, 0.6) is 5.88 Å².